The molecule has 4 heterocycles. The van der Waals surface area contributed by atoms with E-state index in [9.17, 15) is 0 Å². The Labute approximate surface area is 161 Å². The molecule has 0 unspecified atom stereocenters. The maximum Gasteiger partial charge on any atom is 0.137 e. The van der Waals surface area contributed by atoms with E-state index < -0.39 is 0 Å². The van der Waals surface area contributed by atoms with Crippen molar-refractivity contribution in [2.45, 2.75) is 0 Å². The third-order valence-electron chi connectivity index (χ3n) is 4.77. The highest BCUT2D eigenvalue weighted by Crippen LogP contribution is 2.32. The molecule has 0 bridgehead atoms. The number of rotatable bonds is 4. The molecular formula is C22H17N5O. The minimum absolute atomic E-state index is 0.709. The molecule has 6 heteroatoms. The van der Waals surface area contributed by atoms with E-state index in [0.717, 1.165) is 44.7 Å². The van der Waals surface area contributed by atoms with Crippen molar-refractivity contribution in [3.05, 3.63) is 73.3 Å². The highest BCUT2D eigenvalue weighted by molar-refractivity contribution is 5.98. The molecule has 1 aromatic carbocycles. The van der Waals surface area contributed by atoms with E-state index in [0.29, 0.717) is 5.75 Å². The Balaban J connectivity index is 1.56. The molecule has 6 nitrogen and oxygen atoms in total. The SMILES string of the molecule is COc1cncc(-c2cc(-c3cc4c(-c5ccncc5)cccc4[nH]3)n[nH]2)c1. The van der Waals surface area contributed by atoms with Crippen molar-refractivity contribution in [3.8, 4) is 39.5 Å². The van der Waals surface area contributed by atoms with Crippen molar-refractivity contribution >= 4 is 10.9 Å². The summed E-state index contributed by atoms with van der Waals surface area (Å²) in [6, 6.07) is 16.3. The minimum atomic E-state index is 0.709. The number of fused-ring (bicyclic) bond motifs is 1. The fraction of sp³-hybridized carbons (Fsp3) is 0.0455. The van der Waals surface area contributed by atoms with E-state index in [-0.39, 0.29) is 0 Å². The second-order valence-electron chi connectivity index (χ2n) is 6.47. The van der Waals surface area contributed by atoms with Gasteiger partial charge in [-0.05, 0) is 47.5 Å². The van der Waals surface area contributed by atoms with Crippen LogP contribution >= 0.6 is 0 Å². The van der Waals surface area contributed by atoms with Gasteiger partial charge in [0, 0.05) is 35.1 Å². The zero-order chi connectivity index (χ0) is 18.9. The van der Waals surface area contributed by atoms with Gasteiger partial charge in [0.2, 0.25) is 0 Å². The normalized spacial score (nSPS) is 11.0. The molecule has 0 fully saturated rings. The molecule has 0 amide bonds. The molecule has 28 heavy (non-hydrogen) atoms. The van der Waals surface area contributed by atoms with Crippen molar-refractivity contribution in [1.82, 2.24) is 25.1 Å². The molecule has 0 atom stereocenters. The van der Waals surface area contributed by atoms with Crippen LogP contribution in [0.1, 0.15) is 0 Å². The highest BCUT2D eigenvalue weighted by atomic mass is 16.5. The number of aromatic amines is 2. The first-order valence-corrected chi connectivity index (χ1v) is 8.89. The van der Waals surface area contributed by atoms with Crippen molar-refractivity contribution in [2.75, 3.05) is 7.11 Å². The first kappa shape index (κ1) is 16.3. The molecule has 5 rings (SSSR count). The maximum atomic E-state index is 5.26. The molecule has 0 spiro atoms. The van der Waals surface area contributed by atoms with Crippen LogP contribution in [0.15, 0.2) is 73.3 Å². The summed E-state index contributed by atoms with van der Waals surface area (Å²) in [5.74, 6) is 0.709. The van der Waals surface area contributed by atoms with Crippen molar-refractivity contribution in [3.63, 3.8) is 0 Å². The summed E-state index contributed by atoms with van der Waals surface area (Å²) in [7, 11) is 1.63. The molecule has 0 saturated carbocycles. The van der Waals surface area contributed by atoms with Gasteiger partial charge in [-0.15, -0.1) is 0 Å². The van der Waals surface area contributed by atoms with Crippen LogP contribution in [-0.4, -0.2) is 32.3 Å². The molecule has 2 N–H and O–H groups in total. The third kappa shape index (κ3) is 2.81. The van der Waals surface area contributed by atoms with Crippen LogP contribution in [-0.2, 0) is 0 Å². The molecule has 4 aromatic heterocycles. The number of hydrogen-bond acceptors (Lipinski definition) is 4. The monoisotopic (exact) mass is 367 g/mol. The summed E-state index contributed by atoms with van der Waals surface area (Å²) >= 11 is 0. The Bertz CT molecular complexity index is 1260. The number of aromatic nitrogens is 5. The van der Waals surface area contributed by atoms with Crippen molar-refractivity contribution in [2.24, 2.45) is 0 Å². The molecule has 0 radical (unpaired) electrons. The molecule has 0 aliphatic carbocycles. The minimum Gasteiger partial charge on any atom is -0.495 e. The van der Waals surface area contributed by atoms with E-state index in [1.54, 1.807) is 19.5 Å². The van der Waals surface area contributed by atoms with Crippen molar-refractivity contribution in [1.29, 1.82) is 0 Å². The number of nitrogens with one attached hydrogen (secondary N) is 2. The molecule has 0 aliphatic heterocycles. The Hall–Kier alpha value is -3.93. The van der Waals surface area contributed by atoms with E-state index in [4.69, 9.17) is 4.74 Å². The summed E-state index contributed by atoms with van der Waals surface area (Å²) in [6.45, 7) is 0. The van der Waals surface area contributed by atoms with Crippen LogP contribution in [0.4, 0.5) is 0 Å². The second-order valence-corrected chi connectivity index (χ2v) is 6.47. The number of ether oxygens (including phenoxy) is 1. The lowest BCUT2D eigenvalue weighted by Gasteiger charge is -2.02. The van der Waals surface area contributed by atoms with Crippen LogP contribution in [0.25, 0.3) is 44.7 Å². The fourth-order valence-corrected chi connectivity index (χ4v) is 3.36. The van der Waals surface area contributed by atoms with Gasteiger partial charge in [0.1, 0.15) is 11.4 Å². The van der Waals surface area contributed by atoms with Gasteiger partial charge in [-0.25, -0.2) is 0 Å². The Kier molecular flexibility index (Phi) is 3.87. The van der Waals surface area contributed by atoms with E-state index in [1.165, 1.54) is 0 Å². The predicted octanol–water partition coefficient (Wildman–Crippen LogP) is 4.69. The summed E-state index contributed by atoms with van der Waals surface area (Å²) in [6.07, 6.45) is 7.08. The standard InChI is InChI=1S/C22H17N5O/c1-28-16-9-15(12-24-13-16)20-11-22(27-26-20)21-10-18-17(3-2-4-19(18)25-21)14-5-7-23-8-6-14/h2-13,25H,1H3,(H,26,27). The van der Waals surface area contributed by atoms with Crippen LogP contribution in [0.2, 0.25) is 0 Å². The molecule has 5 aromatic rings. The Morgan fingerprint density at radius 3 is 2.61 bits per heavy atom. The van der Waals surface area contributed by atoms with Crippen LogP contribution in [0.3, 0.4) is 0 Å². The summed E-state index contributed by atoms with van der Waals surface area (Å²) in [5.41, 5.74) is 6.97. The average Bonchev–Trinajstić information content (AvgIpc) is 3.41. The first-order valence-electron chi connectivity index (χ1n) is 8.89. The van der Waals surface area contributed by atoms with Gasteiger partial charge in [-0.2, -0.15) is 5.10 Å². The van der Waals surface area contributed by atoms with Crippen molar-refractivity contribution < 1.29 is 4.74 Å². The van der Waals surface area contributed by atoms with Gasteiger partial charge in [-0.1, -0.05) is 12.1 Å². The van der Waals surface area contributed by atoms with E-state index in [2.05, 4.69) is 49.4 Å². The summed E-state index contributed by atoms with van der Waals surface area (Å²) in [4.78, 5) is 11.8. The molecular weight excluding hydrogens is 350 g/mol. The quantitative estimate of drug-likeness (QED) is 0.483. The number of pyridine rings is 2. The lowest BCUT2D eigenvalue weighted by molar-refractivity contribution is 0.413. The van der Waals surface area contributed by atoms with Gasteiger partial charge in [0.15, 0.2) is 0 Å². The van der Waals surface area contributed by atoms with Crippen LogP contribution in [0.5, 0.6) is 5.75 Å². The van der Waals surface area contributed by atoms with Gasteiger partial charge in [-0.3, -0.25) is 15.1 Å². The average molecular weight is 367 g/mol. The van der Waals surface area contributed by atoms with Crippen LogP contribution < -0.4 is 4.74 Å². The predicted molar refractivity (Wildman–Crippen MR) is 109 cm³/mol. The first-order chi connectivity index (χ1) is 13.8. The van der Waals surface area contributed by atoms with Gasteiger partial charge in [0.25, 0.3) is 0 Å². The fourth-order valence-electron chi connectivity index (χ4n) is 3.36. The van der Waals surface area contributed by atoms with Gasteiger partial charge in [0.05, 0.1) is 24.7 Å². The van der Waals surface area contributed by atoms with Crippen LogP contribution in [0, 0.1) is 0 Å². The number of benzene rings is 1. The number of hydrogen-bond donors (Lipinski definition) is 2. The Morgan fingerprint density at radius 2 is 1.75 bits per heavy atom. The van der Waals surface area contributed by atoms with E-state index >= 15 is 0 Å². The zero-order valence-corrected chi connectivity index (χ0v) is 15.2. The lowest BCUT2D eigenvalue weighted by atomic mass is 10.0. The Morgan fingerprint density at radius 1 is 0.857 bits per heavy atom. The largest absolute Gasteiger partial charge is 0.495 e. The second kappa shape index (κ2) is 6.66. The van der Waals surface area contributed by atoms with Gasteiger partial charge >= 0.3 is 0 Å². The zero-order valence-electron chi connectivity index (χ0n) is 15.2. The number of nitrogens with zero attached hydrogens (tertiary/aromatic N) is 3. The molecule has 136 valence electrons. The molecule has 0 saturated heterocycles. The summed E-state index contributed by atoms with van der Waals surface area (Å²) in [5, 5.41) is 8.72. The number of H-pyrrole nitrogens is 2. The third-order valence-corrected chi connectivity index (χ3v) is 4.77. The summed E-state index contributed by atoms with van der Waals surface area (Å²) < 4.78 is 5.26. The smallest absolute Gasteiger partial charge is 0.137 e. The van der Waals surface area contributed by atoms with Gasteiger partial charge < -0.3 is 9.72 Å². The maximum absolute atomic E-state index is 5.26. The molecule has 0 aliphatic rings. The number of methoxy groups -OCH3 is 1. The highest BCUT2D eigenvalue weighted by Gasteiger charge is 2.12. The van der Waals surface area contributed by atoms with E-state index in [1.807, 2.05) is 36.7 Å². The topological polar surface area (TPSA) is 79.5 Å². The lowest BCUT2D eigenvalue weighted by Crippen LogP contribution is -1.86.